The number of halogens is 1. The fraction of sp³-hybridized carbons (Fsp3) is 0.318. The Balaban J connectivity index is 2.28. The molecule has 0 aliphatic heterocycles. The van der Waals surface area contributed by atoms with Gasteiger partial charge in [0.05, 0.1) is 19.1 Å². The van der Waals surface area contributed by atoms with E-state index in [1.807, 2.05) is 0 Å². The summed E-state index contributed by atoms with van der Waals surface area (Å²) < 4.78 is 23.2. The molecule has 2 rings (SSSR count). The molecule has 33 heavy (non-hydrogen) atoms. The molecule has 0 radical (unpaired) electrons. The molecule has 0 fully saturated rings. The molecule has 0 aliphatic carbocycles. The summed E-state index contributed by atoms with van der Waals surface area (Å²) in [5.74, 6) is -2.12. The zero-order valence-corrected chi connectivity index (χ0v) is 18.3. The smallest absolute Gasteiger partial charge is 0.328 e. The number of carbonyl (C=O) groups is 3. The largest absolute Gasteiger partial charge is 0.496 e. The predicted octanol–water partition coefficient (Wildman–Crippen LogP) is 1.69. The van der Waals surface area contributed by atoms with Crippen LogP contribution in [-0.4, -0.2) is 49.0 Å². The van der Waals surface area contributed by atoms with E-state index >= 15 is 0 Å². The third-order valence-electron chi connectivity index (χ3n) is 4.75. The summed E-state index contributed by atoms with van der Waals surface area (Å²) in [4.78, 5) is 47.5. The van der Waals surface area contributed by atoms with Crippen molar-refractivity contribution >= 4 is 23.5 Å². The van der Waals surface area contributed by atoms with Gasteiger partial charge in [0.25, 0.3) is 5.69 Å². The van der Waals surface area contributed by atoms with Crippen molar-refractivity contribution in [2.24, 2.45) is 0 Å². The third kappa shape index (κ3) is 7.27. The molecule has 2 N–H and O–H groups in total. The van der Waals surface area contributed by atoms with E-state index in [9.17, 15) is 28.9 Å². The van der Waals surface area contributed by atoms with Crippen molar-refractivity contribution in [1.82, 2.24) is 10.6 Å². The zero-order valence-electron chi connectivity index (χ0n) is 18.3. The normalized spacial score (nSPS) is 12.2. The maximum absolute atomic E-state index is 13.2. The average Bonchev–Trinajstić information content (AvgIpc) is 2.78. The Morgan fingerprint density at radius 1 is 1.03 bits per heavy atom. The molecule has 0 saturated carbocycles. The Hall–Kier alpha value is -4.02. The quantitative estimate of drug-likeness (QED) is 0.312. The number of nitrogens with zero attached hydrogens (tertiary/aromatic N) is 1. The van der Waals surface area contributed by atoms with Crippen LogP contribution in [0.2, 0.25) is 0 Å². The Morgan fingerprint density at radius 3 is 2.24 bits per heavy atom. The summed E-state index contributed by atoms with van der Waals surface area (Å²) in [6.45, 7) is 1.23. The predicted molar refractivity (Wildman–Crippen MR) is 115 cm³/mol. The highest BCUT2D eigenvalue weighted by Crippen LogP contribution is 2.25. The van der Waals surface area contributed by atoms with E-state index in [-0.39, 0.29) is 24.3 Å². The van der Waals surface area contributed by atoms with E-state index in [2.05, 4.69) is 10.6 Å². The number of esters is 1. The highest BCUT2D eigenvalue weighted by Gasteiger charge is 2.28. The molecule has 0 saturated heterocycles. The highest BCUT2D eigenvalue weighted by molar-refractivity contribution is 5.90. The van der Waals surface area contributed by atoms with Gasteiger partial charge in [-0.2, -0.15) is 0 Å². The van der Waals surface area contributed by atoms with Crippen molar-refractivity contribution in [2.75, 3.05) is 14.2 Å². The summed E-state index contributed by atoms with van der Waals surface area (Å²) in [6, 6.07) is 7.00. The van der Waals surface area contributed by atoms with E-state index in [1.165, 1.54) is 56.5 Å². The standard InChI is InChI=1S/C22H24FN3O7/c1-13(27)24-18(10-14-4-6-16(23)7-5-14)21(28)25-19(22(29)33-3)12-15-11-17(26(30)31)8-9-20(15)32-2/h4-9,11,18-19H,10,12H2,1-3H3,(H,24,27)(H,25,28)/t18-,19+/m0/s1. The number of amides is 2. The topological polar surface area (TPSA) is 137 Å². The van der Waals surface area contributed by atoms with Gasteiger partial charge in [0.1, 0.15) is 23.7 Å². The molecule has 11 heteroatoms. The van der Waals surface area contributed by atoms with Crippen molar-refractivity contribution in [3.63, 3.8) is 0 Å². The minimum atomic E-state index is -1.22. The minimum Gasteiger partial charge on any atom is -0.496 e. The fourth-order valence-corrected chi connectivity index (χ4v) is 3.18. The minimum absolute atomic E-state index is 0.0414. The van der Waals surface area contributed by atoms with Crippen LogP contribution in [0.25, 0.3) is 0 Å². The summed E-state index contributed by atoms with van der Waals surface area (Å²) in [5, 5.41) is 16.2. The molecule has 2 aromatic rings. The second-order valence-electron chi connectivity index (χ2n) is 7.13. The van der Waals surface area contributed by atoms with E-state index in [0.717, 1.165) is 7.11 Å². The molecule has 0 unspecified atom stereocenters. The molecule has 176 valence electrons. The van der Waals surface area contributed by atoms with Crippen molar-refractivity contribution in [1.29, 1.82) is 0 Å². The van der Waals surface area contributed by atoms with Crippen LogP contribution in [0.3, 0.4) is 0 Å². The van der Waals surface area contributed by atoms with Crippen LogP contribution in [-0.2, 0) is 32.0 Å². The molecular weight excluding hydrogens is 437 g/mol. The molecule has 10 nitrogen and oxygen atoms in total. The molecule has 2 aromatic carbocycles. The number of ether oxygens (including phenoxy) is 2. The van der Waals surface area contributed by atoms with Crippen LogP contribution in [0.15, 0.2) is 42.5 Å². The lowest BCUT2D eigenvalue weighted by Gasteiger charge is -2.22. The Bertz CT molecular complexity index is 1030. The maximum Gasteiger partial charge on any atom is 0.328 e. The first-order valence-electron chi connectivity index (χ1n) is 9.85. The zero-order chi connectivity index (χ0) is 24.5. The lowest BCUT2D eigenvalue weighted by atomic mass is 10.0. The van der Waals surface area contributed by atoms with Crippen molar-refractivity contribution in [3.05, 3.63) is 69.5 Å². The average molecular weight is 461 g/mol. The molecule has 2 amide bonds. The number of nitrogens with one attached hydrogen (secondary N) is 2. The van der Waals surface area contributed by atoms with Crippen molar-refractivity contribution < 1.29 is 33.2 Å². The van der Waals surface area contributed by atoms with Gasteiger partial charge < -0.3 is 20.1 Å². The fourth-order valence-electron chi connectivity index (χ4n) is 3.18. The van der Waals surface area contributed by atoms with Crippen LogP contribution in [0.1, 0.15) is 18.1 Å². The van der Waals surface area contributed by atoms with E-state index < -0.39 is 40.6 Å². The van der Waals surface area contributed by atoms with Crippen LogP contribution in [0.5, 0.6) is 5.75 Å². The van der Waals surface area contributed by atoms with Crippen LogP contribution >= 0.6 is 0 Å². The third-order valence-corrected chi connectivity index (χ3v) is 4.75. The van der Waals surface area contributed by atoms with Crippen molar-refractivity contribution in [3.8, 4) is 5.75 Å². The van der Waals surface area contributed by atoms with Gasteiger partial charge in [0, 0.05) is 37.5 Å². The lowest BCUT2D eigenvalue weighted by molar-refractivity contribution is -0.384. The maximum atomic E-state index is 13.2. The van der Waals surface area contributed by atoms with Crippen LogP contribution < -0.4 is 15.4 Å². The number of methoxy groups -OCH3 is 2. The van der Waals surface area contributed by atoms with E-state index in [4.69, 9.17) is 9.47 Å². The monoisotopic (exact) mass is 461 g/mol. The lowest BCUT2D eigenvalue weighted by Crippen LogP contribution is -2.53. The first-order chi connectivity index (χ1) is 15.6. The van der Waals surface area contributed by atoms with Gasteiger partial charge in [0.15, 0.2) is 0 Å². The molecule has 2 atom stereocenters. The molecular formula is C22H24FN3O7. The number of hydrogen-bond donors (Lipinski definition) is 2. The Labute approximate surface area is 189 Å². The number of hydrogen-bond acceptors (Lipinski definition) is 7. The van der Waals surface area contributed by atoms with Gasteiger partial charge in [0.2, 0.25) is 11.8 Å². The first kappa shape index (κ1) is 25.2. The number of carbonyl (C=O) groups excluding carboxylic acids is 3. The Morgan fingerprint density at radius 2 is 1.70 bits per heavy atom. The van der Waals surface area contributed by atoms with Gasteiger partial charge in [-0.1, -0.05) is 12.1 Å². The summed E-state index contributed by atoms with van der Waals surface area (Å²) in [6.07, 6.45) is -0.119. The number of nitro groups is 1. The number of nitro benzene ring substituents is 1. The molecule has 0 spiro atoms. The summed E-state index contributed by atoms with van der Waals surface area (Å²) in [7, 11) is 2.50. The van der Waals surface area contributed by atoms with Gasteiger partial charge in [-0.15, -0.1) is 0 Å². The van der Waals surface area contributed by atoms with Gasteiger partial charge in [-0.25, -0.2) is 9.18 Å². The highest BCUT2D eigenvalue weighted by atomic mass is 19.1. The van der Waals surface area contributed by atoms with E-state index in [0.29, 0.717) is 11.1 Å². The number of benzene rings is 2. The van der Waals surface area contributed by atoms with Crippen molar-refractivity contribution in [2.45, 2.75) is 31.8 Å². The second kappa shape index (κ2) is 11.6. The summed E-state index contributed by atoms with van der Waals surface area (Å²) >= 11 is 0. The van der Waals surface area contributed by atoms with Gasteiger partial charge >= 0.3 is 5.97 Å². The van der Waals surface area contributed by atoms with E-state index in [1.54, 1.807) is 0 Å². The molecule has 0 aliphatic rings. The number of non-ortho nitro benzene ring substituents is 1. The van der Waals surface area contributed by atoms with Gasteiger partial charge in [-0.3, -0.25) is 19.7 Å². The second-order valence-corrected chi connectivity index (χ2v) is 7.13. The molecule has 0 bridgehead atoms. The molecule has 0 aromatic heterocycles. The van der Waals surface area contributed by atoms with Gasteiger partial charge in [-0.05, 0) is 23.8 Å². The van der Waals surface area contributed by atoms with Crippen LogP contribution in [0.4, 0.5) is 10.1 Å². The Kier molecular flexibility index (Phi) is 8.84. The number of rotatable bonds is 10. The summed E-state index contributed by atoms with van der Waals surface area (Å²) in [5.41, 5.74) is 0.672. The SMILES string of the molecule is COC(=O)[C@@H](Cc1cc([N+](=O)[O-])ccc1OC)NC(=O)[C@H](Cc1ccc(F)cc1)NC(C)=O. The van der Waals surface area contributed by atoms with Crippen LogP contribution in [0, 0.1) is 15.9 Å². The molecule has 0 heterocycles. The first-order valence-corrected chi connectivity index (χ1v) is 9.85.